The molecule has 1 rings (SSSR count). The van der Waals surface area contributed by atoms with Gasteiger partial charge in [-0.25, -0.2) is 4.98 Å². The maximum absolute atomic E-state index is 9.04. The van der Waals surface area contributed by atoms with Gasteiger partial charge in [-0.1, -0.05) is 6.92 Å². The molecule has 1 unspecified atom stereocenters. The van der Waals surface area contributed by atoms with E-state index in [1.54, 1.807) is 6.20 Å². The normalized spacial score (nSPS) is 14.6. The van der Waals surface area contributed by atoms with Crippen LogP contribution in [0.25, 0.3) is 0 Å². The SMILES string of the molecule is CCC(C)(CCO)Nc1cc(C)c(Br)cn1. The minimum Gasteiger partial charge on any atom is -0.396 e. The summed E-state index contributed by atoms with van der Waals surface area (Å²) in [6.45, 7) is 6.43. The summed E-state index contributed by atoms with van der Waals surface area (Å²) in [4.78, 5) is 4.31. The van der Waals surface area contributed by atoms with Crippen molar-refractivity contribution in [3.63, 3.8) is 0 Å². The van der Waals surface area contributed by atoms with Crippen LogP contribution in [0, 0.1) is 6.92 Å². The van der Waals surface area contributed by atoms with Crippen molar-refractivity contribution in [3.8, 4) is 0 Å². The Kier molecular flexibility index (Phi) is 4.74. The summed E-state index contributed by atoms with van der Waals surface area (Å²) in [6.07, 6.45) is 3.47. The van der Waals surface area contributed by atoms with Gasteiger partial charge in [0.05, 0.1) is 0 Å². The highest BCUT2D eigenvalue weighted by Crippen LogP contribution is 2.23. The number of halogens is 1. The first-order valence-corrected chi connectivity index (χ1v) is 6.31. The van der Waals surface area contributed by atoms with Crippen LogP contribution >= 0.6 is 15.9 Å². The standard InChI is InChI=1S/C12H19BrN2O/c1-4-12(3,5-6-16)15-11-7-9(2)10(13)8-14-11/h7-8,16H,4-6H2,1-3H3,(H,14,15). The van der Waals surface area contributed by atoms with Gasteiger partial charge in [-0.2, -0.15) is 0 Å². The van der Waals surface area contributed by atoms with E-state index in [1.807, 2.05) is 13.0 Å². The van der Waals surface area contributed by atoms with Gasteiger partial charge in [0.25, 0.3) is 0 Å². The third-order valence-electron chi connectivity index (χ3n) is 2.92. The first kappa shape index (κ1) is 13.5. The number of nitrogens with zero attached hydrogens (tertiary/aromatic N) is 1. The molecule has 0 aromatic carbocycles. The zero-order valence-electron chi connectivity index (χ0n) is 10.0. The molecule has 0 bridgehead atoms. The maximum atomic E-state index is 9.04. The Morgan fingerprint density at radius 3 is 2.75 bits per heavy atom. The Hall–Kier alpha value is -0.610. The first-order valence-electron chi connectivity index (χ1n) is 5.52. The largest absolute Gasteiger partial charge is 0.396 e. The molecule has 1 heterocycles. The van der Waals surface area contributed by atoms with Gasteiger partial charge in [0.2, 0.25) is 0 Å². The fourth-order valence-corrected chi connectivity index (χ4v) is 1.71. The molecule has 0 saturated carbocycles. The Morgan fingerprint density at radius 2 is 2.25 bits per heavy atom. The monoisotopic (exact) mass is 286 g/mol. The minimum atomic E-state index is -0.0952. The van der Waals surface area contributed by atoms with E-state index in [9.17, 15) is 0 Å². The number of aliphatic hydroxyl groups excluding tert-OH is 1. The van der Waals surface area contributed by atoms with E-state index >= 15 is 0 Å². The van der Waals surface area contributed by atoms with Crippen molar-refractivity contribution >= 4 is 21.7 Å². The number of rotatable bonds is 5. The number of anilines is 1. The Labute approximate surface area is 105 Å². The number of nitrogens with one attached hydrogen (secondary N) is 1. The van der Waals surface area contributed by atoms with Crippen LogP contribution in [0.5, 0.6) is 0 Å². The van der Waals surface area contributed by atoms with Gasteiger partial charge >= 0.3 is 0 Å². The van der Waals surface area contributed by atoms with Gasteiger partial charge in [0.1, 0.15) is 5.82 Å². The second kappa shape index (κ2) is 5.64. The van der Waals surface area contributed by atoms with Crippen molar-refractivity contribution < 1.29 is 5.11 Å². The second-order valence-corrected chi connectivity index (χ2v) is 5.19. The number of pyridine rings is 1. The number of aryl methyl sites for hydroxylation is 1. The van der Waals surface area contributed by atoms with Crippen molar-refractivity contribution in [3.05, 3.63) is 22.3 Å². The molecule has 0 saturated heterocycles. The highest BCUT2D eigenvalue weighted by Gasteiger charge is 2.21. The molecule has 2 N–H and O–H groups in total. The Bertz CT molecular complexity index is 357. The fraction of sp³-hybridized carbons (Fsp3) is 0.583. The minimum absolute atomic E-state index is 0.0952. The molecule has 3 nitrogen and oxygen atoms in total. The fourth-order valence-electron chi connectivity index (χ4n) is 1.49. The van der Waals surface area contributed by atoms with E-state index in [0.717, 1.165) is 28.7 Å². The van der Waals surface area contributed by atoms with Crippen molar-refractivity contribution in [2.45, 2.75) is 39.2 Å². The van der Waals surface area contributed by atoms with Crippen LogP contribution in [-0.2, 0) is 0 Å². The lowest BCUT2D eigenvalue weighted by atomic mass is 9.95. The zero-order valence-corrected chi connectivity index (χ0v) is 11.6. The smallest absolute Gasteiger partial charge is 0.126 e. The van der Waals surface area contributed by atoms with Crippen molar-refractivity contribution in [1.82, 2.24) is 4.98 Å². The Morgan fingerprint density at radius 1 is 1.56 bits per heavy atom. The summed E-state index contributed by atoms with van der Waals surface area (Å²) in [5.74, 6) is 0.860. The maximum Gasteiger partial charge on any atom is 0.126 e. The quantitative estimate of drug-likeness (QED) is 0.874. The molecule has 1 atom stereocenters. The molecule has 0 spiro atoms. The molecule has 0 aliphatic rings. The number of hydrogen-bond donors (Lipinski definition) is 2. The topological polar surface area (TPSA) is 45.1 Å². The summed E-state index contributed by atoms with van der Waals surface area (Å²) in [5, 5.41) is 12.4. The van der Waals surface area contributed by atoms with E-state index in [4.69, 9.17) is 5.11 Å². The molecule has 4 heteroatoms. The van der Waals surface area contributed by atoms with E-state index < -0.39 is 0 Å². The molecule has 1 aromatic heterocycles. The van der Waals surface area contributed by atoms with Gasteiger partial charge in [-0.05, 0) is 54.2 Å². The Balaban J connectivity index is 2.81. The molecule has 16 heavy (non-hydrogen) atoms. The molecule has 0 aliphatic heterocycles. The lowest BCUT2D eigenvalue weighted by Crippen LogP contribution is -2.35. The summed E-state index contributed by atoms with van der Waals surface area (Å²) in [6, 6.07) is 2.01. The van der Waals surface area contributed by atoms with Gasteiger partial charge in [-0.3, -0.25) is 0 Å². The summed E-state index contributed by atoms with van der Waals surface area (Å²) in [5.41, 5.74) is 1.06. The van der Waals surface area contributed by atoms with Gasteiger partial charge < -0.3 is 10.4 Å². The lowest BCUT2D eigenvalue weighted by Gasteiger charge is -2.29. The number of hydrogen-bond acceptors (Lipinski definition) is 3. The van der Waals surface area contributed by atoms with Gasteiger partial charge in [0.15, 0.2) is 0 Å². The third kappa shape index (κ3) is 3.46. The predicted octanol–water partition coefficient (Wildman–Crippen LogP) is 3.12. The summed E-state index contributed by atoms with van der Waals surface area (Å²) in [7, 11) is 0. The van der Waals surface area contributed by atoms with Crippen LogP contribution in [0.4, 0.5) is 5.82 Å². The highest BCUT2D eigenvalue weighted by molar-refractivity contribution is 9.10. The molecule has 0 fully saturated rings. The highest BCUT2D eigenvalue weighted by atomic mass is 79.9. The van der Waals surface area contributed by atoms with Crippen molar-refractivity contribution in [1.29, 1.82) is 0 Å². The first-order chi connectivity index (χ1) is 7.50. The van der Waals surface area contributed by atoms with Crippen LogP contribution in [0.1, 0.15) is 32.3 Å². The zero-order chi connectivity index (χ0) is 12.2. The van der Waals surface area contributed by atoms with E-state index in [-0.39, 0.29) is 12.1 Å². The molecular weight excluding hydrogens is 268 g/mol. The number of aromatic nitrogens is 1. The van der Waals surface area contributed by atoms with Crippen LogP contribution in [-0.4, -0.2) is 22.2 Å². The van der Waals surface area contributed by atoms with E-state index in [2.05, 4.69) is 40.1 Å². The molecule has 1 aromatic rings. The molecule has 0 aliphatic carbocycles. The van der Waals surface area contributed by atoms with E-state index in [0.29, 0.717) is 0 Å². The summed E-state index contributed by atoms with van der Waals surface area (Å²) >= 11 is 3.43. The molecule has 90 valence electrons. The van der Waals surface area contributed by atoms with Crippen molar-refractivity contribution in [2.24, 2.45) is 0 Å². The average Bonchev–Trinajstić information content (AvgIpc) is 2.24. The molecule has 0 amide bonds. The summed E-state index contributed by atoms with van der Waals surface area (Å²) < 4.78 is 1.01. The lowest BCUT2D eigenvalue weighted by molar-refractivity contribution is 0.252. The average molecular weight is 287 g/mol. The van der Waals surface area contributed by atoms with Crippen LogP contribution in [0.15, 0.2) is 16.7 Å². The van der Waals surface area contributed by atoms with Crippen LogP contribution < -0.4 is 5.32 Å². The second-order valence-electron chi connectivity index (χ2n) is 4.33. The van der Waals surface area contributed by atoms with Crippen LogP contribution in [0.3, 0.4) is 0 Å². The third-order valence-corrected chi connectivity index (χ3v) is 3.75. The molecular formula is C12H19BrN2O. The van der Waals surface area contributed by atoms with E-state index in [1.165, 1.54) is 0 Å². The number of aliphatic hydroxyl groups is 1. The van der Waals surface area contributed by atoms with Crippen LogP contribution in [0.2, 0.25) is 0 Å². The van der Waals surface area contributed by atoms with Gasteiger partial charge in [0, 0.05) is 22.8 Å². The van der Waals surface area contributed by atoms with Crippen molar-refractivity contribution in [2.75, 3.05) is 11.9 Å². The van der Waals surface area contributed by atoms with Gasteiger partial charge in [-0.15, -0.1) is 0 Å². The predicted molar refractivity (Wildman–Crippen MR) is 70.7 cm³/mol. The molecule has 0 radical (unpaired) electrons.